The quantitative estimate of drug-likeness (QED) is 0.803. The fraction of sp³-hybridized carbons (Fsp3) is 0.556. The maximum absolute atomic E-state index is 14.1. The van der Waals surface area contributed by atoms with E-state index in [0.29, 0.717) is 51.4 Å². The van der Waals surface area contributed by atoms with E-state index in [1.807, 2.05) is 0 Å². The molecule has 0 aromatic heterocycles. The molecule has 4 rings (SSSR count). The van der Waals surface area contributed by atoms with Crippen LogP contribution in [0.15, 0.2) is 24.3 Å². The van der Waals surface area contributed by atoms with Crippen LogP contribution in [-0.4, -0.2) is 62.1 Å². The van der Waals surface area contributed by atoms with E-state index in [0.717, 1.165) is 0 Å². The summed E-state index contributed by atoms with van der Waals surface area (Å²) in [6.07, 6.45) is 0.370. The van der Waals surface area contributed by atoms with Crippen molar-refractivity contribution in [2.75, 3.05) is 39.4 Å². The molecule has 3 aliphatic rings. The van der Waals surface area contributed by atoms with E-state index in [2.05, 4.69) is 10.6 Å². The number of amides is 2. The summed E-state index contributed by atoms with van der Waals surface area (Å²) in [5.41, 5.74) is -0.0741. The first-order valence-corrected chi connectivity index (χ1v) is 8.69. The zero-order valence-corrected chi connectivity index (χ0v) is 14.0. The molecule has 0 spiro atoms. The van der Waals surface area contributed by atoms with Gasteiger partial charge in [0.25, 0.3) is 0 Å². The van der Waals surface area contributed by atoms with Crippen LogP contribution in [0.3, 0.4) is 0 Å². The highest BCUT2D eigenvalue weighted by Crippen LogP contribution is 2.32. The average molecular weight is 347 g/mol. The predicted octanol–water partition coefficient (Wildman–Crippen LogP) is -0.0688. The third-order valence-corrected chi connectivity index (χ3v) is 5.39. The van der Waals surface area contributed by atoms with Crippen LogP contribution in [0.4, 0.5) is 4.39 Å². The lowest BCUT2D eigenvalue weighted by atomic mass is 9.74. The van der Waals surface area contributed by atoms with Gasteiger partial charge in [0.05, 0.1) is 30.6 Å². The molecule has 25 heavy (non-hydrogen) atoms. The number of hydrogen-bond acceptors (Lipinski definition) is 4. The number of nitrogens with zero attached hydrogens (tertiary/aromatic N) is 1. The van der Waals surface area contributed by atoms with E-state index in [-0.39, 0.29) is 29.6 Å². The van der Waals surface area contributed by atoms with E-state index in [4.69, 9.17) is 4.74 Å². The predicted molar refractivity (Wildman–Crippen MR) is 88.2 cm³/mol. The summed E-state index contributed by atoms with van der Waals surface area (Å²) >= 11 is 0. The van der Waals surface area contributed by atoms with Gasteiger partial charge in [-0.2, -0.15) is 0 Å². The number of ether oxygens (including phenoxy) is 1. The third-order valence-electron chi connectivity index (χ3n) is 5.39. The molecule has 3 heterocycles. The number of carbonyl (C=O) groups excluding carboxylic acids is 2. The molecule has 2 atom stereocenters. The van der Waals surface area contributed by atoms with Gasteiger partial charge in [-0.3, -0.25) is 9.59 Å². The number of nitrogens with one attached hydrogen (secondary N) is 2. The van der Waals surface area contributed by atoms with Crippen LogP contribution in [0.25, 0.3) is 0 Å². The van der Waals surface area contributed by atoms with Crippen molar-refractivity contribution in [3.63, 3.8) is 0 Å². The van der Waals surface area contributed by atoms with E-state index in [9.17, 15) is 14.0 Å². The van der Waals surface area contributed by atoms with Gasteiger partial charge in [0.15, 0.2) is 0 Å². The summed E-state index contributed by atoms with van der Waals surface area (Å²) < 4.78 is 19.6. The van der Waals surface area contributed by atoms with E-state index in [1.165, 1.54) is 6.07 Å². The average Bonchev–Trinajstić information content (AvgIpc) is 2.80. The Bertz CT molecular complexity index is 692. The zero-order chi connectivity index (χ0) is 17.4. The van der Waals surface area contributed by atoms with Gasteiger partial charge in [0, 0.05) is 26.2 Å². The van der Waals surface area contributed by atoms with Crippen LogP contribution in [0.2, 0.25) is 0 Å². The smallest absolute Gasteiger partial charge is 0.231 e. The SMILES string of the molecule is O=C1N[C@@H]2COC[C@H]1CN(C(=O)C1(Cc3ccccc3F)CNC1)C2. The van der Waals surface area contributed by atoms with Gasteiger partial charge in [-0.15, -0.1) is 0 Å². The number of fused-ring (bicyclic) bond motifs is 3. The van der Waals surface area contributed by atoms with Crippen molar-refractivity contribution in [2.45, 2.75) is 12.5 Å². The van der Waals surface area contributed by atoms with Crippen molar-refractivity contribution in [1.82, 2.24) is 15.5 Å². The second kappa shape index (κ2) is 6.38. The summed E-state index contributed by atoms with van der Waals surface area (Å²) in [5, 5.41) is 6.10. The summed E-state index contributed by atoms with van der Waals surface area (Å²) in [6.45, 7) is 2.63. The third kappa shape index (κ3) is 3.02. The molecule has 7 heteroatoms. The Morgan fingerprint density at radius 2 is 2.08 bits per heavy atom. The van der Waals surface area contributed by atoms with Crippen LogP contribution < -0.4 is 10.6 Å². The highest BCUT2D eigenvalue weighted by Gasteiger charge is 2.48. The number of rotatable bonds is 3. The van der Waals surface area contributed by atoms with Crippen LogP contribution in [0.5, 0.6) is 0 Å². The molecule has 3 aliphatic heterocycles. The minimum Gasteiger partial charge on any atom is -0.378 e. The van der Waals surface area contributed by atoms with Crippen molar-refractivity contribution in [1.29, 1.82) is 0 Å². The second-order valence-corrected chi connectivity index (χ2v) is 7.30. The van der Waals surface area contributed by atoms with Crippen molar-refractivity contribution in [3.05, 3.63) is 35.6 Å². The summed E-state index contributed by atoms with van der Waals surface area (Å²) in [4.78, 5) is 27.2. The maximum atomic E-state index is 14.1. The highest BCUT2D eigenvalue weighted by atomic mass is 19.1. The Labute approximate surface area is 145 Å². The van der Waals surface area contributed by atoms with Crippen LogP contribution in [0, 0.1) is 17.2 Å². The summed E-state index contributed by atoms with van der Waals surface area (Å²) in [6, 6.07) is 6.43. The lowest BCUT2D eigenvalue weighted by molar-refractivity contribution is -0.147. The molecule has 0 unspecified atom stereocenters. The number of carbonyl (C=O) groups is 2. The molecule has 0 radical (unpaired) electrons. The normalized spacial score (nSPS) is 27.9. The number of halogens is 1. The maximum Gasteiger partial charge on any atom is 0.231 e. The van der Waals surface area contributed by atoms with E-state index >= 15 is 0 Å². The molecule has 2 N–H and O–H groups in total. The van der Waals surface area contributed by atoms with Gasteiger partial charge in [-0.1, -0.05) is 18.2 Å². The fourth-order valence-electron chi connectivity index (χ4n) is 3.92. The second-order valence-electron chi connectivity index (χ2n) is 7.30. The van der Waals surface area contributed by atoms with Gasteiger partial charge < -0.3 is 20.3 Å². The van der Waals surface area contributed by atoms with Gasteiger partial charge in [0.2, 0.25) is 11.8 Å². The van der Waals surface area contributed by atoms with Crippen molar-refractivity contribution < 1.29 is 18.7 Å². The fourth-order valence-corrected chi connectivity index (χ4v) is 3.92. The Kier molecular flexibility index (Phi) is 4.21. The first kappa shape index (κ1) is 16.5. The molecule has 6 nitrogen and oxygen atoms in total. The van der Waals surface area contributed by atoms with E-state index in [1.54, 1.807) is 23.1 Å². The van der Waals surface area contributed by atoms with Crippen LogP contribution in [0.1, 0.15) is 5.56 Å². The van der Waals surface area contributed by atoms with Gasteiger partial charge >= 0.3 is 0 Å². The highest BCUT2D eigenvalue weighted by molar-refractivity contribution is 5.87. The Morgan fingerprint density at radius 3 is 2.80 bits per heavy atom. The molecule has 2 amide bonds. The van der Waals surface area contributed by atoms with Crippen molar-refractivity contribution in [3.8, 4) is 0 Å². The number of benzene rings is 1. The Morgan fingerprint density at radius 1 is 1.28 bits per heavy atom. The molecule has 2 bridgehead atoms. The molecule has 3 saturated heterocycles. The van der Waals surface area contributed by atoms with Crippen LogP contribution in [-0.2, 0) is 20.7 Å². The molecule has 134 valence electrons. The topological polar surface area (TPSA) is 70.7 Å². The molecule has 1 aromatic rings. The molecule has 0 saturated carbocycles. The Balaban J connectivity index is 1.56. The van der Waals surface area contributed by atoms with Gasteiger partial charge in [-0.25, -0.2) is 4.39 Å². The molecule has 0 aliphatic carbocycles. The minimum absolute atomic E-state index is 0.00269. The molecule has 1 aromatic carbocycles. The molecule has 3 fully saturated rings. The summed E-state index contributed by atoms with van der Waals surface area (Å²) in [7, 11) is 0. The first-order chi connectivity index (χ1) is 12.1. The first-order valence-electron chi connectivity index (χ1n) is 8.69. The number of hydrogen-bond donors (Lipinski definition) is 2. The van der Waals surface area contributed by atoms with Crippen molar-refractivity contribution in [2.24, 2.45) is 11.3 Å². The van der Waals surface area contributed by atoms with Crippen molar-refractivity contribution >= 4 is 11.8 Å². The molecular formula is C18H22FN3O3. The van der Waals surface area contributed by atoms with Crippen LogP contribution >= 0.6 is 0 Å². The molecular weight excluding hydrogens is 325 g/mol. The largest absolute Gasteiger partial charge is 0.378 e. The standard InChI is InChI=1S/C18H22FN3O3/c19-15-4-2-1-3-12(15)5-18(10-20-11-18)17(24)22-6-13-8-25-9-14(7-22)21-16(13)23/h1-4,13-14,20H,5-11H2,(H,21,23)/t13-,14+/m1/s1. The monoisotopic (exact) mass is 347 g/mol. The van der Waals surface area contributed by atoms with Gasteiger partial charge in [-0.05, 0) is 18.1 Å². The lowest BCUT2D eigenvalue weighted by Gasteiger charge is -2.45. The van der Waals surface area contributed by atoms with E-state index < -0.39 is 5.41 Å². The van der Waals surface area contributed by atoms with Gasteiger partial charge in [0.1, 0.15) is 5.82 Å². The lowest BCUT2D eigenvalue weighted by Crippen LogP contribution is -2.64. The zero-order valence-electron chi connectivity index (χ0n) is 14.0. The Hall–Kier alpha value is -1.99. The summed E-state index contributed by atoms with van der Waals surface area (Å²) in [5.74, 6) is -0.662. The minimum atomic E-state index is -0.634.